The van der Waals surface area contributed by atoms with Crippen molar-refractivity contribution in [2.24, 2.45) is 5.10 Å². The van der Waals surface area contributed by atoms with Gasteiger partial charge < -0.3 is 4.74 Å². The third-order valence-electron chi connectivity index (χ3n) is 4.12. The van der Waals surface area contributed by atoms with Gasteiger partial charge in [0.25, 0.3) is 5.91 Å². The van der Waals surface area contributed by atoms with E-state index in [1.807, 2.05) is 67.6 Å². The van der Waals surface area contributed by atoms with Crippen molar-refractivity contribution in [3.8, 4) is 5.75 Å². The van der Waals surface area contributed by atoms with Crippen molar-refractivity contribution in [1.82, 2.24) is 5.43 Å². The fourth-order valence-corrected chi connectivity index (χ4v) is 3.64. The van der Waals surface area contributed by atoms with Crippen LogP contribution >= 0.6 is 35.0 Å². The molecule has 0 radical (unpaired) electrons. The Morgan fingerprint density at radius 1 is 1.07 bits per heavy atom. The van der Waals surface area contributed by atoms with E-state index in [4.69, 9.17) is 27.9 Å². The molecule has 0 aliphatic carbocycles. The maximum absolute atomic E-state index is 12.2. The summed E-state index contributed by atoms with van der Waals surface area (Å²) in [5.41, 5.74) is 4.34. The van der Waals surface area contributed by atoms with Crippen molar-refractivity contribution in [2.75, 3.05) is 0 Å². The molecule has 1 atom stereocenters. The lowest BCUT2D eigenvalue weighted by Gasteiger charge is -2.09. The number of hydrogen-bond acceptors (Lipinski definition) is 4. The van der Waals surface area contributed by atoms with E-state index in [1.54, 1.807) is 18.3 Å². The lowest BCUT2D eigenvalue weighted by molar-refractivity contribution is -0.120. The van der Waals surface area contributed by atoms with Gasteiger partial charge in [0.15, 0.2) is 0 Å². The molecule has 1 amide bonds. The molecule has 0 saturated heterocycles. The summed E-state index contributed by atoms with van der Waals surface area (Å²) in [5.74, 6) is 0.551. The number of hydrogen-bond donors (Lipinski definition) is 1. The highest BCUT2D eigenvalue weighted by Gasteiger charge is 2.13. The van der Waals surface area contributed by atoms with E-state index in [9.17, 15) is 4.79 Å². The minimum atomic E-state index is -0.288. The summed E-state index contributed by atoms with van der Waals surface area (Å²) in [7, 11) is 0. The Balaban J connectivity index is 1.46. The average molecular weight is 459 g/mol. The number of nitrogens with zero attached hydrogens (tertiary/aromatic N) is 1. The standard InChI is InChI=1S/C23H20Cl2N2O2S/c1-16(30-21-12-8-19(24)9-13-21)23(28)27-26-14-17-6-10-20(11-7-17)29-15-18-4-2-3-5-22(18)25/h2-14,16H,15H2,1H3,(H,27,28)/b26-14-/t16-/m0/s1. The quantitative estimate of drug-likeness (QED) is 0.248. The van der Waals surface area contributed by atoms with E-state index in [0.29, 0.717) is 16.7 Å². The van der Waals surface area contributed by atoms with Crippen LogP contribution in [-0.2, 0) is 11.4 Å². The van der Waals surface area contributed by atoms with E-state index < -0.39 is 0 Å². The van der Waals surface area contributed by atoms with E-state index in [-0.39, 0.29) is 11.2 Å². The van der Waals surface area contributed by atoms with Gasteiger partial charge in [0, 0.05) is 20.5 Å². The Kier molecular flexibility index (Phi) is 8.20. The third-order valence-corrected chi connectivity index (χ3v) is 5.85. The van der Waals surface area contributed by atoms with Crippen molar-refractivity contribution in [1.29, 1.82) is 0 Å². The Bertz CT molecular complexity index is 1010. The number of hydrazone groups is 1. The van der Waals surface area contributed by atoms with Gasteiger partial charge in [-0.3, -0.25) is 4.79 Å². The van der Waals surface area contributed by atoms with E-state index in [1.165, 1.54) is 11.8 Å². The molecule has 0 saturated carbocycles. The van der Waals surface area contributed by atoms with Crippen LogP contribution in [0.4, 0.5) is 0 Å². The lowest BCUT2D eigenvalue weighted by Crippen LogP contribution is -2.26. The van der Waals surface area contributed by atoms with Gasteiger partial charge >= 0.3 is 0 Å². The fourth-order valence-electron chi connectivity index (χ4n) is 2.46. The summed E-state index contributed by atoms with van der Waals surface area (Å²) in [5, 5.41) is 5.10. The second kappa shape index (κ2) is 11.1. The molecule has 1 N–H and O–H groups in total. The molecule has 0 aromatic heterocycles. The SMILES string of the molecule is C[C@H](Sc1ccc(Cl)cc1)C(=O)N/N=C\c1ccc(OCc2ccccc2Cl)cc1. The van der Waals surface area contributed by atoms with Gasteiger partial charge in [-0.2, -0.15) is 5.10 Å². The summed E-state index contributed by atoms with van der Waals surface area (Å²) in [6, 6.07) is 22.4. The molecule has 0 unspecified atom stereocenters. The maximum atomic E-state index is 12.2. The summed E-state index contributed by atoms with van der Waals surface area (Å²) in [6.07, 6.45) is 1.59. The normalized spacial score (nSPS) is 12.0. The molecule has 0 aliphatic heterocycles. The maximum Gasteiger partial charge on any atom is 0.253 e. The van der Waals surface area contributed by atoms with Crippen LogP contribution in [-0.4, -0.2) is 17.4 Å². The van der Waals surface area contributed by atoms with Gasteiger partial charge in [-0.15, -0.1) is 11.8 Å². The highest BCUT2D eigenvalue weighted by atomic mass is 35.5. The molecule has 0 aliphatic rings. The molecule has 0 spiro atoms. The topological polar surface area (TPSA) is 50.7 Å². The van der Waals surface area contributed by atoms with Gasteiger partial charge in [0.1, 0.15) is 12.4 Å². The highest BCUT2D eigenvalue weighted by molar-refractivity contribution is 8.00. The molecule has 3 aromatic rings. The van der Waals surface area contributed by atoms with Crippen LogP contribution in [0.2, 0.25) is 10.0 Å². The summed E-state index contributed by atoms with van der Waals surface area (Å²) >= 11 is 13.5. The van der Waals surface area contributed by atoms with Crippen molar-refractivity contribution in [3.63, 3.8) is 0 Å². The molecule has 0 bridgehead atoms. The van der Waals surface area contributed by atoms with E-state index >= 15 is 0 Å². The number of carbonyl (C=O) groups is 1. The summed E-state index contributed by atoms with van der Waals surface area (Å²) in [6.45, 7) is 2.22. The van der Waals surface area contributed by atoms with Crippen molar-refractivity contribution < 1.29 is 9.53 Å². The first-order chi connectivity index (χ1) is 14.5. The van der Waals surface area contributed by atoms with Gasteiger partial charge in [0.05, 0.1) is 11.5 Å². The first-order valence-electron chi connectivity index (χ1n) is 9.22. The fraction of sp³-hybridized carbons (Fsp3) is 0.130. The molecule has 3 rings (SSSR count). The Labute approximate surface area is 190 Å². The molecule has 0 heterocycles. The minimum absolute atomic E-state index is 0.175. The van der Waals surface area contributed by atoms with Crippen molar-refractivity contribution in [3.05, 3.63) is 94.0 Å². The molecular weight excluding hydrogens is 439 g/mol. The Hall–Kier alpha value is -2.47. The van der Waals surface area contributed by atoms with E-state index in [2.05, 4.69) is 10.5 Å². The number of benzene rings is 3. The monoisotopic (exact) mass is 458 g/mol. The summed E-state index contributed by atoms with van der Waals surface area (Å²) in [4.78, 5) is 13.2. The predicted molar refractivity (Wildman–Crippen MR) is 125 cm³/mol. The Morgan fingerprint density at radius 3 is 2.47 bits per heavy atom. The number of thioether (sulfide) groups is 1. The van der Waals surface area contributed by atoms with Crippen LogP contribution in [0.25, 0.3) is 0 Å². The molecule has 0 fully saturated rings. The number of amides is 1. The molecule has 30 heavy (non-hydrogen) atoms. The highest BCUT2D eigenvalue weighted by Crippen LogP contribution is 2.24. The zero-order valence-corrected chi connectivity index (χ0v) is 18.5. The number of rotatable bonds is 8. The third kappa shape index (κ3) is 6.80. The largest absolute Gasteiger partial charge is 0.489 e. The average Bonchev–Trinajstić information content (AvgIpc) is 2.75. The number of halogens is 2. The number of ether oxygens (including phenoxy) is 1. The molecule has 4 nitrogen and oxygen atoms in total. The van der Waals surface area contributed by atoms with Crippen LogP contribution in [0.5, 0.6) is 5.75 Å². The zero-order valence-electron chi connectivity index (χ0n) is 16.2. The second-order valence-corrected chi connectivity index (χ2v) is 8.66. The van der Waals surface area contributed by atoms with Crippen molar-refractivity contribution in [2.45, 2.75) is 23.7 Å². The lowest BCUT2D eigenvalue weighted by atomic mass is 10.2. The van der Waals surface area contributed by atoms with Gasteiger partial charge in [0.2, 0.25) is 0 Å². The van der Waals surface area contributed by atoms with Gasteiger partial charge in [-0.1, -0.05) is 41.4 Å². The first kappa shape index (κ1) is 22.2. The first-order valence-corrected chi connectivity index (χ1v) is 10.9. The van der Waals surface area contributed by atoms with Gasteiger partial charge in [-0.25, -0.2) is 5.43 Å². The van der Waals surface area contributed by atoms with Gasteiger partial charge in [-0.05, 0) is 67.1 Å². The molecule has 3 aromatic carbocycles. The van der Waals surface area contributed by atoms with Crippen LogP contribution in [0, 0.1) is 0 Å². The number of nitrogens with one attached hydrogen (secondary N) is 1. The molecule has 154 valence electrons. The van der Waals surface area contributed by atoms with Crippen LogP contribution < -0.4 is 10.2 Å². The molecular formula is C23H20Cl2N2O2S. The predicted octanol–water partition coefficient (Wildman–Crippen LogP) is 6.20. The van der Waals surface area contributed by atoms with Crippen LogP contribution in [0.1, 0.15) is 18.1 Å². The second-order valence-electron chi connectivity index (χ2n) is 6.40. The van der Waals surface area contributed by atoms with E-state index in [0.717, 1.165) is 21.8 Å². The van der Waals surface area contributed by atoms with Crippen molar-refractivity contribution >= 4 is 47.1 Å². The smallest absolute Gasteiger partial charge is 0.253 e. The molecule has 7 heteroatoms. The van der Waals surface area contributed by atoms with Crippen LogP contribution in [0.15, 0.2) is 82.8 Å². The zero-order chi connectivity index (χ0) is 21.3. The number of carbonyl (C=O) groups excluding carboxylic acids is 1. The minimum Gasteiger partial charge on any atom is -0.489 e. The summed E-state index contributed by atoms with van der Waals surface area (Å²) < 4.78 is 5.76. The van der Waals surface area contributed by atoms with Crippen LogP contribution in [0.3, 0.4) is 0 Å². The Morgan fingerprint density at radius 2 is 1.77 bits per heavy atom.